The molecule has 0 saturated carbocycles. The van der Waals surface area contributed by atoms with Crippen LogP contribution < -0.4 is 5.32 Å². The summed E-state index contributed by atoms with van der Waals surface area (Å²) in [6.07, 6.45) is 3.05. The fraction of sp³-hybridized carbons (Fsp3) is 1.00. The van der Waals surface area contributed by atoms with Crippen molar-refractivity contribution in [3.05, 3.63) is 0 Å². The number of rotatable bonds is 7. The molecule has 0 aromatic heterocycles. The van der Waals surface area contributed by atoms with Crippen LogP contribution in [0.1, 0.15) is 33.6 Å². The Kier molecular flexibility index (Phi) is 7.58. The van der Waals surface area contributed by atoms with E-state index in [4.69, 9.17) is 0 Å². The number of nitrogens with one attached hydrogen (secondary N) is 1. The van der Waals surface area contributed by atoms with Gasteiger partial charge in [-0.1, -0.05) is 20.8 Å². The monoisotopic (exact) mass is 325 g/mol. The Bertz CT molecular complexity index is 359. The lowest BCUT2D eigenvalue weighted by atomic mass is 10.1. The average Bonchev–Trinajstić information content (AvgIpc) is 2.30. The van der Waals surface area contributed by atoms with Crippen LogP contribution in [0.15, 0.2) is 0 Å². The number of hydrogen-bond donors (Lipinski definition) is 1. The number of sulfone groups is 1. The number of thioether (sulfide) groups is 2. The molecule has 19 heavy (non-hydrogen) atoms. The van der Waals surface area contributed by atoms with Crippen molar-refractivity contribution < 1.29 is 8.42 Å². The van der Waals surface area contributed by atoms with Gasteiger partial charge in [-0.25, -0.2) is 8.42 Å². The molecule has 0 amide bonds. The third kappa shape index (κ3) is 6.74. The fourth-order valence-corrected chi connectivity index (χ4v) is 6.13. The normalized spacial score (nSPS) is 30.2. The van der Waals surface area contributed by atoms with E-state index in [0.717, 1.165) is 24.6 Å². The van der Waals surface area contributed by atoms with Crippen molar-refractivity contribution in [2.45, 2.75) is 55.4 Å². The minimum Gasteiger partial charge on any atom is -0.313 e. The molecule has 4 unspecified atom stereocenters. The first-order valence-electron chi connectivity index (χ1n) is 7.01. The van der Waals surface area contributed by atoms with Crippen LogP contribution in [0.5, 0.6) is 0 Å². The van der Waals surface area contributed by atoms with Gasteiger partial charge in [-0.15, -0.1) is 0 Å². The average molecular weight is 326 g/mol. The highest BCUT2D eigenvalue weighted by atomic mass is 32.2. The van der Waals surface area contributed by atoms with Gasteiger partial charge in [-0.05, 0) is 19.4 Å². The van der Waals surface area contributed by atoms with Gasteiger partial charge in [0, 0.05) is 39.6 Å². The molecule has 0 spiro atoms. The standard InChI is InChI=1S/C13H27NO2S3/c1-5-14-12(7-6-8-19(4,15)16)13-9-17-10(2)11(3)18-13/h10-14H,5-9H2,1-4H3. The zero-order valence-electron chi connectivity index (χ0n) is 12.4. The second-order valence-corrected chi connectivity index (χ2v) is 10.6. The first-order valence-corrected chi connectivity index (χ1v) is 11.1. The van der Waals surface area contributed by atoms with Gasteiger partial charge in [0.25, 0.3) is 0 Å². The summed E-state index contributed by atoms with van der Waals surface area (Å²) in [5.41, 5.74) is 0. The van der Waals surface area contributed by atoms with E-state index in [1.165, 1.54) is 12.0 Å². The van der Waals surface area contributed by atoms with E-state index in [1.54, 1.807) is 0 Å². The maximum absolute atomic E-state index is 11.2. The Morgan fingerprint density at radius 3 is 2.53 bits per heavy atom. The lowest BCUT2D eigenvalue weighted by molar-refractivity contribution is 0.484. The molecule has 4 atom stereocenters. The summed E-state index contributed by atoms with van der Waals surface area (Å²) < 4.78 is 22.4. The quantitative estimate of drug-likeness (QED) is 0.779. The van der Waals surface area contributed by atoms with Crippen molar-refractivity contribution in [2.75, 3.05) is 24.3 Å². The van der Waals surface area contributed by atoms with Crippen molar-refractivity contribution in [1.82, 2.24) is 5.32 Å². The van der Waals surface area contributed by atoms with Crippen LogP contribution in [0, 0.1) is 0 Å². The van der Waals surface area contributed by atoms with Gasteiger partial charge in [0.15, 0.2) is 0 Å². The predicted octanol–water partition coefficient (Wildman–Crippen LogP) is 2.41. The molecule has 6 heteroatoms. The molecule has 1 heterocycles. The lowest BCUT2D eigenvalue weighted by Gasteiger charge is -2.36. The molecule has 0 radical (unpaired) electrons. The van der Waals surface area contributed by atoms with E-state index < -0.39 is 9.84 Å². The smallest absolute Gasteiger partial charge is 0.147 e. The Morgan fingerprint density at radius 2 is 2.00 bits per heavy atom. The fourth-order valence-electron chi connectivity index (χ4n) is 2.27. The first kappa shape index (κ1) is 17.7. The van der Waals surface area contributed by atoms with Crippen molar-refractivity contribution in [2.24, 2.45) is 0 Å². The van der Waals surface area contributed by atoms with Crippen LogP contribution in [-0.4, -0.2) is 54.5 Å². The van der Waals surface area contributed by atoms with Crippen LogP contribution in [0.25, 0.3) is 0 Å². The van der Waals surface area contributed by atoms with Gasteiger partial charge < -0.3 is 5.32 Å². The van der Waals surface area contributed by atoms with Gasteiger partial charge in [-0.2, -0.15) is 23.5 Å². The Balaban J connectivity index is 2.47. The second-order valence-electron chi connectivity index (χ2n) is 5.35. The minimum atomic E-state index is -2.82. The largest absolute Gasteiger partial charge is 0.313 e. The summed E-state index contributed by atoms with van der Waals surface area (Å²) >= 11 is 4.12. The van der Waals surface area contributed by atoms with Crippen molar-refractivity contribution in [1.29, 1.82) is 0 Å². The Morgan fingerprint density at radius 1 is 1.32 bits per heavy atom. The molecule has 114 valence electrons. The van der Waals surface area contributed by atoms with Gasteiger partial charge in [-0.3, -0.25) is 0 Å². The summed E-state index contributed by atoms with van der Waals surface area (Å²) in [5, 5.41) is 5.55. The summed E-state index contributed by atoms with van der Waals surface area (Å²) in [6, 6.07) is 0.444. The topological polar surface area (TPSA) is 46.2 Å². The summed E-state index contributed by atoms with van der Waals surface area (Å²) in [6.45, 7) is 7.67. The van der Waals surface area contributed by atoms with E-state index in [1.807, 2.05) is 11.8 Å². The summed E-state index contributed by atoms with van der Waals surface area (Å²) in [7, 11) is -2.82. The van der Waals surface area contributed by atoms with Crippen LogP contribution in [0.2, 0.25) is 0 Å². The van der Waals surface area contributed by atoms with E-state index >= 15 is 0 Å². The molecule has 1 aliphatic rings. The minimum absolute atomic E-state index is 0.311. The molecular weight excluding hydrogens is 298 g/mol. The van der Waals surface area contributed by atoms with Gasteiger partial charge in [0.2, 0.25) is 0 Å². The second kappa shape index (κ2) is 8.15. The molecule has 1 aliphatic heterocycles. The molecule has 0 bridgehead atoms. The Hall–Kier alpha value is 0.610. The van der Waals surface area contributed by atoms with Crippen LogP contribution >= 0.6 is 23.5 Å². The molecule has 1 fully saturated rings. The van der Waals surface area contributed by atoms with Crippen LogP contribution in [0.4, 0.5) is 0 Å². The summed E-state index contributed by atoms with van der Waals surface area (Å²) in [4.78, 5) is 0. The van der Waals surface area contributed by atoms with E-state index in [9.17, 15) is 8.42 Å². The van der Waals surface area contributed by atoms with Crippen molar-refractivity contribution >= 4 is 33.4 Å². The maximum atomic E-state index is 11.2. The predicted molar refractivity (Wildman–Crippen MR) is 89.2 cm³/mol. The SMILES string of the molecule is CCNC(CCCS(C)(=O)=O)C1CSC(C)C(C)S1. The highest BCUT2D eigenvalue weighted by molar-refractivity contribution is 8.07. The third-order valence-corrected chi connectivity index (χ3v) is 8.10. The zero-order chi connectivity index (χ0) is 14.5. The number of hydrogen-bond acceptors (Lipinski definition) is 5. The van der Waals surface area contributed by atoms with E-state index in [2.05, 4.69) is 37.8 Å². The zero-order valence-corrected chi connectivity index (χ0v) is 14.8. The Labute approximate surface area is 127 Å². The van der Waals surface area contributed by atoms with E-state index in [-0.39, 0.29) is 0 Å². The highest BCUT2D eigenvalue weighted by Crippen LogP contribution is 2.37. The molecule has 0 aromatic rings. The first-order chi connectivity index (χ1) is 8.83. The van der Waals surface area contributed by atoms with Crippen LogP contribution in [0.3, 0.4) is 0 Å². The molecule has 1 saturated heterocycles. The van der Waals surface area contributed by atoms with Gasteiger partial charge >= 0.3 is 0 Å². The molecule has 0 aromatic carbocycles. The maximum Gasteiger partial charge on any atom is 0.147 e. The molecule has 1 rings (SSSR count). The molecule has 1 N–H and O–H groups in total. The lowest BCUT2D eigenvalue weighted by Crippen LogP contribution is -2.43. The molecular formula is C13H27NO2S3. The molecule has 0 aliphatic carbocycles. The van der Waals surface area contributed by atoms with Crippen LogP contribution in [-0.2, 0) is 9.84 Å². The third-order valence-electron chi connectivity index (χ3n) is 3.52. The van der Waals surface area contributed by atoms with Crippen molar-refractivity contribution in [3.8, 4) is 0 Å². The van der Waals surface area contributed by atoms with E-state index in [0.29, 0.717) is 22.3 Å². The van der Waals surface area contributed by atoms with Crippen molar-refractivity contribution in [3.63, 3.8) is 0 Å². The highest BCUT2D eigenvalue weighted by Gasteiger charge is 2.30. The van der Waals surface area contributed by atoms with Gasteiger partial charge in [0.05, 0.1) is 0 Å². The van der Waals surface area contributed by atoms with Gasteiger partial charge in [0.1, 0.15) is 9.84 Å². The molecule has 3 nitrogen and oxygen atoms in total. The summed E-state index contributed by atoms with van der Waals surface area (Å²) in [5.74, 6) is 1.48.